The second-order valence-electron chi connectivity index (χ2n) is 4.98. The van der Waals surface area contributed by atoms with Crippen molar-refractivity contribution in [2.24, 2.45) is 11.8 Å². The molecule has 0 radical (unpaired) electrons. The highest BCUT2D eigenvalue weighted by Crippen LogP contribution is 2.30. The molecule has 1 heterocycles. The third-order valence-corrected chi connectivity index (χ3v) is 5.50. The van der Waals surface area contributed by atoms with Crippen LogP contribution >= 0.6 is 33.9 Å². The lowest BCUT2D eigenvalue weighted by Crippen LogP contribution is -2.26. The van der Waals surface area contributed by atoms with Crippen molar-refractivity contribution in [2.45, 2.75) is 45.6 Å². The van der Waals surface area contributed by atoms with Crippen LogP contribution in [-0.4, -0.2) is 11.5 Å². The summed E-state index contributed by atoms with van der Waals surface area (Å²) in [5.74, 6) is 1.91. The van der Waals surface area contributed by atoms with E-state index in [4.69, 9.17) is 0 Å². The van der Waals surface area contributed by atoms with Crippen molar-refractivity contribution in [3.63, 3.8) is 0 Å². The summed E-state index contributed by atoms with van der Waals surface area (Å²) in [5, 5.41) is 4.78. The van der Waals surface area contributed by atoms with Crippen LogP contribution in [0.5, 0.6) is 0 Å². The minimum Gasteiger partial charge on any atom is -0.310 e. The Hall–Kier alpha value is 0.320. The first kappa shape index (κ1) is 13.7. The van der Waals surface area contributed by atoms with Gasteiger partial charge in [0.2, 0.25) is 0 Å². The Balaban J connectivity index is 1.63. The normalized spacial score (nSPS) is 25.1. The molecule has 96 valence electrons. The first-order valence-corrected chi connectivity index (χ1v) is 8.48. The third kappa shape index (κ3) is 4.48. The smallest absolute Gasteiger partial charge is 0.107 e. The molecule has 0 aliphatic heterocycles. The van der Waals surface area contributed by atoms with Gasteiger partial charge < -0.3 is 5.32 Å². The maximum atomic E-state index is 4.37. The zero-order chi connectivity index (χ0) is 12.1. The largest absolute Gasteiger partial charge is 0.310 e. The van der Waals surface area contributed by atoms with Gasteiger partial charge in [0, 0.05) is 6.54 Å². The average Bonchev–Trinajstić information content (AvgIpc) is 2.76. The summed E-state index contributed by atoms with van der Waals surface area (Å²) in [6, 6.07) is 0. The van der Waals surface area contributed by atoms with Crippen molar-refractivity contribution in [3.8, 4) is 0 Å². The molecule has 1 N–H and O–H groups in total. The molecule has 0 unspecified atom stereocenters. The molecule has 2 rings (SSSR count). The Morgan fingerprint density at radius 1 is 1.35 bits per heavy atom. The Morgan fingerprint density at radius 2 is 2.06 bits per heavy atom. The van der Waals surface area contributed by atoms with Gasteiger partial charge in [-0.2, -0.15) is 0 Å². The second kappa shape index (κ2) is 7.04. The van der Waals surface area contributed by atoms with E-state index in [1.54, 1.807) is 11.3 Å². The van der Waals surface area contributed by atoms with Gasteiger partial charge in [-0.1, -0.05) is 26.2 Å². The van der Waals surface area contributed by atoms with E-state index in [1.165, 1.54) is 46.5 Å². The van der Waals surface area contributed by atoms with Crippen LogP contribution in [0.3, 0.4) is 0 Å². The fraction of sp³-hybridized carbons (Fsp3) is 0.769. The molecule has 0 amide bonds. The van der Waals surface area contributed by atoms with Crippen LogP contribution in [0.25, 0.3) is 0 Å². The molecule has 2 nitrogen and oxygen atoms in total. The van der Waals surface area contributed by atoms with E-state index in [1.807, 2.05) is 6.20 Å². The lowest BCUT2D eigenvalue weighted by molar-refractivity contribution is 0.262. The van der Waals surface area contributed by atoms with Crippen molar-refractivity contribution in [2.75, 3.05) is 6.54 Å². The van der Waals surface area contributed by atoms with Gasteiger partial charge in [0.25, 0.3) is 0 Å². The Kier molecular flexibility index (Phi) is 5.69. The molecule has 1 aromatic heterocycles. The van der Waals surface area contributed by atoms with Gasteiger partial charge in [0.1, 0.15) is 5.01 Å². The van der Waals surface area contributed by atoms with E-state index in [9.17, 15) is 0 Å². The number of hydrogen-bond donors (Lipinski definition) is 1. The highest BCUT2D eigenvalue weighted by atomic mass is 127. The molecule has 1 aliphatic carbocycles. The number of halogens is 1. The Bertz CT molecular complexity index is 332. The summed E-state index contributed by atoms with van der Waals surface area (Å²) in [6.07, 6.45) is 9.05. The molecule has 0 atom stereocenters. The maximum Gasteiger partial charge on any atom is 0.107 e. The molecule has 0 bridgehead atoms. The molecule has 0 aromatic carbocycles. The summed E-state index contributed by atoms with van der Waals surface area (Å²) >= 11 is 4.12. The number of nitrogens with one attached hydrogen (secondary N) is 1. The SMILES string of the molecule is CCC1CCC(CNCc2ncc(I)s2)CC1. The Labute approximate surface area is 122 Å². The second-order valence-corrected chi connectivity index (χ2v) is 7.99. The summed E-state index contributed by atoms with van der Waals surface area (Å²) < 4.78 is 1.28. The molecule has 0 saturated heterocycles. The molecule has 1 aromatic rings. The minimum absolute atomic E-state index is 0.900. The predicted molar refractivity (Wildman–Crippen MR) is 82.3 cm³/mol. The van der Waals surface area contributed by atoms with Gasteiger partial charge in [0.15, 0.2) is 0 Å². The summed E-state index contributed by atoms with van der Waals surface area (Å²) in [4.78, 5) is 4.37. The lowest BCUT2D eigenvalue weighted by atomic mass is 9.81. The highest BCUT2D eigenvalue weighted by molar-refractivity contribution is 14.1. The number of hydrogen-bond acceptors (Lipinski definition) is 3. The first-order chi connectivity index (χ1) is 8.28. The summed E-state index contributed by atoms with van der Waals surface area (Å²) in [5.41, 5.74) is 0. The molecule has 1 saturated carbocycles. The number of aromatic nitrogens is 1. The standard InChI is InChI=1S/C13H21IN2S/c1-2-10-3-5-11(6-4-10)7-15-9-13-16-8-12(14)17-13/h8,10-11,15H,2-7,9H2,1H3. The van der Waals surface area contributed by atoms with Crippen LogP contribution in [0.4, 0.5) is 0 Å². The average molecular weight is 364 g/mol. The van der Waals surface area contributed by atoms with E-state index >= 15 is 0 Å². The fourth-order valence-electron chi connectivity index (χ4n) is 2.60. The van der Waals surface area contributed by atoms with Crippen LogP contribution in [0.1, 0.15) is 44.0 Å². The van der Waals surface area contributed by atoms with E-state index in [0.717, 1.165) is 18.4 Å². The van der Waals surface area contributed by atoms with Gasteiger partial charge in [-0.25, -0.2) is 4.98 Å². The number of nitrogens with zero attached hydrogens (tertiary/aromatic N) is 1. The number of rotatable bonds is 5. The summed E-state index contributed by atoms with van der Waals surface area (Å²) in [7, 11) is 0. The van der Waals surface area contributed by atoms with Gasteiger partial charge in [-0.3, -0.25) is 0 Å². The summed E-state index contributed by atoms with van der Waals surface area (Å²) in [6.45, 7) is 4.45. The van der Waals surface area contributed by atoms with E-state index < -0.39 is 0 Å². The zero-order valence-electron chi connectivity index (χ0n) is 10.4. The minimum atomic E-state index is 0.900. The molecular weight excluding hydrogens is 343 g/mol. The third-order valence-electron chi connectivity index (χ3n) is 3.78. The van der Waals surface area contributed by atoms with Gasteiger partial charge in [-0.15, -0.1) is 11.3 Å². The number of thiazole rings is 1. The molecule has 4 heteroatoms. The highest BCUT2D eigenvalue weighted by Gasteiger charge is 2.19. The molecule has 17 heavy (non-hydrogen) atoms. The molecular formula is C13H21IN2S. The Morgan fingerprint density at radius 3 is 2.65 bits per heavy atom. The lowest BCUT2D eigenvalue weighted by Gasteiger charge is -2.27. The van der Waals surface area contributed by atoms with Crippen LogP contribution in [-0.2, 0) is 6.54 Å². The first-order valence-electron chi connectivity index (χ1n) is 6.58. The molecule has 0 spiro atoms. The fourth-order valence-corrected chi connectivity index (χ4v) is 4.11. The quantitative estimate of drug-likeness (QED) is 0.798. The van der Waals surface area contributed by atoms with E-state index in [0.29, 0.717) is 0 Å². The van der Waals surface area contributed by atoms with Crippen LogP contribution in [0.15, 0.2) is 6.20 Å². The van der Waals surface area contributed by atoms with Gasteiger partial charge in [0.05, 0.1) is 9.08 Å². The van der Waals surface area contributed by atoms with Crippen molar-refractivity contribution >= 4 is 33.9 Å². The molecule has 1 aliphatic rings. The maximum absolute atomic E-state index is 4.37. The predicted octanol–water partition coefficient (Wildman–Crippen LogP) is 4.05. The van der Waals surface area contributed by atoms with Crippen LogP contribution < -0.4 is 5.32 Å². The van der Waals surface area contributed by atoms with E-state index in [2.05, 4.69) is 39.8 Å². The van der Waals surface area contributed by atoms with Crippen molar-refractivity contribution in [3.05, 3.63) is 14.1 Å². The monoisotopic (exact) mass is 364 g/mol. The van der Waals surface area contributed by atoms with Crippen LogP contribution in [0.2, 0.25) is 0 Å². The van der Waals surface area contributed by atoms with Gasteiger partial charge in [-0.05, 0) is 53.8 Å². The topological polar surface area (TPSA) is 24.9 Å². The van der Waals surface area contributed by atoms with Crippen LogP contribution in [0, 0.1) is 14.7 Å². The van der Waals surface area contributed by atoms with E-state index in [-0.39, 0.29) is 0 Å². The zero-order valence-corrected chi connectivity index (χ0v) is 13.4. The van der Waals surface area contributed by atoms with Crippen molar-refractivity contribution in [1.82, 2.24) is 10.3 Å². The molecule has 1 fully saturated rings. The van der Waals surface area contributed by atoms with Crippen molar-refractivity contribution < 1.29 is 0 Å². The van der Waals surface area contributed by atoms with Crippen molar-refractivity contribution in [1.29, 1.82) is 0 Å². The van der Waals surface area contributed by atoms with Gasteiger partial charge >= 0.3 is 0 Å².